The number of aromatic hydroxyl groups is 1. The van der Waals surface area contributed by atoms with Gasteiger partial charge >= 0.3 is 0 Å². The van der Waals surface area contributed by atoms with Crippen molar-refractivity contribution in [3.8, 4) is 27.6 Å². The first-order chi connectivity index (χ1) is 14.7. The molecule has 30 heavy (non-hydrogen) atoms. The van der Waals surface area contributed by atoms with Gasteiger partial charge in [-0.05, 0) is 44.0 Å². The zero-order chi connectivity index (χ0) is 20.5. The number of aromatic nitrogens is 4. The van der Waals surface area contributed by atoms with E-state index in [0.29, 0.717) is 23.3 Å². The second-order valence-corrected chi connectivity index (χ2v) is 8.98. The normalized spacial score (nSPS) is 21.4. The van der Waals surface area contributed by atoms with Gasteiger partial charge in [0.05, 0.1) is 12.3 Å². The van der Waals surface area contributed by atoms with Crippen molar-refractivity contribution in [1.29, 1.82) is 0 Å². The number of phenols is 1. The van der Waals surface area contributed by atoms with E-state index in [-0.39, 0.29) is 5.75 Å². The average molecular weight is 425 g/mol. The zero-order valence-electron chi connectivity index (χ0n) is 16.8. The largest absolute Gasteiger partial charge is 0.507 e. The van der Waals surface area contributed by atoms with Gasteiger partial charge in [0.15, 0.2) is 5.82 Å². The van der Waals surface area contributed by atoms with Crippen LogP contribution in [0, 0.1) is 6.92 Å². The van der Waals surface area contributed by atoms with E-state index in [2.05, 4.69) is 30.6 Å². The monoisotopic (exact) mass is 424 g/mol. The van der Waals surface area contributed by atoms with Crippen LogP contribution in [0.2, 0.25) is 0 Å². The number of rotatable bonds is 5. The number of phenolic OH excluding ortho intramolecular Hbond substituents is 1. The summed E-state index contributed by atoms with van der Waals surface area (Å²) in [5.41, 5.74) is 2.14. The van der Waals surface area contributed by atoms with Gasteiger partial charge in [-0.2, -0.15) is 0 Å². The number of hydrogen-bond donors (Lipinski definition) is 2. The standard InChI is InChI=1S/C21H24N6O2S/c1-13-23-26-21(30-13)14-2-3-17(19(28)10-14)18-4-5-20(25-24-18)27-8-6-15(11-27)22-16-7-9-29-12-16/h2-5,10,15-16,22,28H,6-9,11-12H2,1H3/t15-,16-/m0/s1. The minimum Gasteiger partial charge on any atom is -0.507 e. The van der Waals surface area contributed by atoms with Gasteiger partial charge in [-0.3, -0.25) is 0 Å². The van der Waals surface area contributed by atoms with Crippen LogP contribution < -0.4 is 10.2 Å². The maximum absolute atomic E-state index is 10.5. The second-order valence-electron chi connectivity index (χ2n) is 7.79. The first-order valence-electron chi connectivity index (χ1n) is 10.2. The Labute approximate surface area is 178 Å². The van der Waals surface area contributed by atoms with Crippen LogP contribution in [0.4, 0.5) is 5.82 Å². The van der Waals surface area contributed by atoms with E-state index in [1.807, 2.05) is 31.2 Å². The Hall–Kier alpha value is -2.62. The van der Waals surface area contributed by atoms with Crippen molar-refractivity contribution in [3.05, 3.63) is 35.3 Å². The summed E-state index contributed by atoms with van der Waals surface area (Å²) in [5, 5.41) is 32.9. The fourth-order valence-corrected chi connectivity index (χ4v) is 4.72. The summed E-state index contributed by atoms with van der Waals surface area (Å²) >= 11 is 1.50. The molecule has 0 aliphatic carbocycles. The first-order valence-corrected chi connectivity index (χ1v) is 11.0. The topological polar surface area (TPSA) is 96.3 Å². The summed E-state index contributed by atoms with van der Waals surface area (Å²) in [6, 6.07) is 10.3. The molecule has 0 amide bonds. The van der Waals surface area contributed by atoms with Crippen molar-refractivity contribution in [1.82, 2.24) is 25.7 Å². The number of hydrogen-bond acceptors (Lipinski definition) is 9. The van der Waals surface area contributed by atoms with Gasteiger partial charge in [-0.1, -0.05) is 17.4 Å². The molecule has 0 bridgehead atoms. The molecule has 9 heteroatoms. The van der Waals surface area contributed by atoms with Gasteiger partial charge in [-0.15, -0.1) is 20.4 Å². The molecule has 3 aromatic rings. The van der Waals surface area contributed by atoms with E-state index in [1.54, 1.807) is 6.07 Å². The Morgan fingerprint density at radius 3 is 2.73 bits per heavy atom. The Morgan fingerprint density at radius 1 is 1.10 bits per heavy atom. The summed E-state index contributed by atoms with van der Waals surface area (Å²) in [6.45, 7) is 5.46. The number of ether oxygens (including phenoxy) is 1. The van der Waals surface area contributed by atoms with Gasteiger partial charge < -0.3 is 20.1 Å². The lowest BCUT2D eigenvalue weighted by Gasteiger charge is -2.19. The molecular formula is C21H24N6O2S. The molecule has 2 aliphatic heterocycles. The lowest BCUT2D eigenvalue weighted by molar-refractivity contribution is 0.188. The summed E-state index contributed by atoms with van der Waals surface area (Å²) < 4.78 is 5.45. The van der Waals surface area contributed by atoms with E-state index < -0.39 is 0 Å². The van der Waals surface area contributed by atoms with Gasteiger partial charge in [0.2, 0.25) is 0 Å². The fraction of sp³-hybridized carbons (Fsp3) is 0.429. The summed E-state index contributed by atoms with van der Waals surface area (Å²) in [5.74, 6) is 1.03. The minimum absolute atomic E-state index is 0.159. The lowest BCUT2D eigenvalue weighted by atomic mass is 10.1. The van der Waals surface area contributed by atoms with Crippen molar-refractivity contribution in [2.45, 2.75) is 31.8 Å². The molecule has 156 valence electrons. The Kier molecular flexibility index (Phi) is 5.32. The van der Waals surface area contributed by atoms with Gasteiger partial charge in [-0.25, -0.2) is 0 Å². The van der Waals surface area contributed by atoms with Crippen LogP contribution in [0.5, 0.6) is 5.75 Å². The van der Waals surface area contributed by atoms with E-state index in [1.165, 1.54) is 11.3 Å². The van der Waals surface area contributed by atoms with Gasteiger partial charge in [0.25, 0.3) is 0 Å². The Balaban J connectivity index is 1.27. The van der Waals surface area contributed by atoms with Crippen molar-refractivity contribution >= 4 is 17.2 Å². The molecule has 0 saturated carbocycles. The molecule has 2 atom stereocenters. The smallest absolute Gasteiger partial charge is 0.151 e. The van der Waals surface area contributed by atoms with Crippen LogP contribution >= 0.6 is 11.3 Å². The minimum atomic E-state index is 0.159. The highest BCUT2D eigenvalue weighted by Crippen LogP contribution is 2.33. The third-order valence-electron chi connectivity index (χ3n) is 5.61. The van der Waals surface area contributed by atoms with Gasteiger partial charge in [0.1, 0.15) is 15.8 Å². The predicted octanol–water partition coefficient (Wildman–Crippen LogP) is 2.63. The maximum Gasteiger partial charge on any atom is 0.151 e. The summed E-state index contributed by atoms with van der Waals surface area (Å²) in [7, 11) is 0. The third-order valence-corrected chi connectivity index (χ3v) is 6.50. The van der Waals surface area contributed by atoms with Crippen LogP contribution in [0.15, 0.2) is 30.3 Å². The second kappa shape index (κ2) is 8.25. The van der Waals surface area contributed by atoms with Crippen LogP contribution in [0.3, 0.4) is 0 Å². The SMILES string of the molecule is Cc1nnc(-c2ccc(-c3ccc(N4CC[C@H](N[C@H]5CCOC5)C4)nn3)c(O)c2)s1. The predicted molar refractivity (Wildman–Crippen MR) is 116 cm³/mol. The fourth-order valence-electron chi connectivity index (χ4n) is 4.04. The molecule has 2 aromatic heterocycles. The molecule has 4 heterocycles. The van der Waals surface area contributed by atoms with Crippen LogP contribution in [0.25, 0.3) is 21.8 Å². The maximum atomic E-state index is 10.5. The molecule has 2 saturated heterocycles. The number of benzene rings is 1. The molecule has 0 spiro atoms. The quantitative estimate of drug-likeness (QED) is 0.645. The third kappa shape index (κ3) is 4.00. The average Bonchev–Trinajstić information content (AvgIpc) is 3.51. The molecule has 2 fully saturated rings. The van der Waals surface area contributed by atoms with Crippen molar-refractivity contribution in [3.63, 3.8) is 0 Å². The van der Waals surface area contributed by atoms with Crippen molar-refractivity contribution in [2.24, 2.45) is 0 Å². The molecule has 0 unspecified atom stereocenters. The molecule has 8 nitrogen and oxygen atoms in total. The van der Waals surface area contributed by atoms with Crippen LogP contribution in [0.1, 0.15) is 17.8 Å². The molecule has 2 N–H and O–H groups in total. The van der Waals surface area contributed by atoms with Crippen molar-refractivity contribution in [2.75, 3.05) is 31.2 Å². The van der Waals surface area contributed by atoms with Crippen molar-refractivity contribution < 1.29 is 9.84 Å². The van der Waals surface area contributed by atoms with E-state index in [0.717, 1.165) is 60.5 Å². The summed E-state index contributed by atoms with van der Waals surface area (Å²) in [4.78, 5) is 2.25. The number of anilines is 1. The first kappa shape index (κ1) is 19.3. The highest BCUT2D eigenvalue weighted by molar-refractivity contribution is 7.14. The van der Waals surface area contributed by atoms with E-state index in [9.17, 15) is 5.11 Å². The van der Waals surface area contributed by atoms with Gasteiger partial charge in [0, 0.05) is 42.9 Å². The van der Waals surface area contributed by atoms with Crippen LogP contribution in [-0.2, 0) is 4.74 Å². The van der Waals surface area contributed by atoms with E-state index >= 15 is 0 Å². The molecule has 2 aliphatic rings. The van der Waals surface area contributed by atoms with E-state index in [4.69, 9.17) is 4.74 Å². The number of nitrogens with zero attached hydrogens (tertiary/aromatic N) is 5. The number of nitrogens with one attached hydrogen (secondary N) is 1. The highest BCUT2D eigenvalue weighted by atomic mass is 32.1. The lowest BCUT2D eigenvalue weighted by Crippen LogP contribution is -2.40. The molecule has 5 rings (SSSR count). The highest BCUT2D eigenvalue weighted by Gasteiger charge is 2.27. The molecule has 1 aromatic carbocycles. The van der Waals surface area contributed by atoms with Crippen LogP contribution in [-0.4, -0.2) is 63.9 Å². The number of aryl methyl sites for hydroxylation is 1. The Bertz CT molecular complexity index is 1020. The molecule has 0 radical (unpaired) electrons. The molecular weight excluding hydrogens is 400 g/mol. The Morgan fingerprint density at radius 2 is 2.03 bits per heavy atom. The summed E-state index contributed by atoms with van der Waals surface area (Å²) in [6.07, 6.45) is 2.18. The zero-order valence-corrected chi connectivity index (χ0v) is 17.6.